The first-order chi connectivity index (χ1) is 27.3. The molecule has 4 heterocycles. The average Bonchev–Trinajstić information content (AvgIpc) is 3.80. The third kappa shape index (κ3) is 5.07. The van der Waals surface area contributed by atoms with Gasteiger partial charge in [0.2, 0.25) is 0 Å². The molecular formula is C49H30N6. The highest BCUT2D eigenvalue weighted by Crippen LogP contribution is 2.46. The molecule has 0 aliphatic heterocycles. The van der Waals surface area contributed by atoms with Crippen LogP contribution in [0.3, 0.4) is 0 Å². The number of nitrogens with zero attached hydrogens (tertiary/aromatic N) is 6. The van der Waals surface area contributed by atoms with Gasteiger partial charge in [-0.1, -0.05) is 158 Å². The van der Waals surface area contributed by atoms with E-state index in [9.17, 15) is 0 Å². The molecule has 0 fully saturated rings. The molecule has 0 radical (unpaired) electrons. The van der Waals surface area contributed by atoms with E-state index in [-0.39, 0.29) is 0 Å². The van der Waals surface area contributed by atoms with E-state index in [1.807, 2.05) is 97.1 Å². The Balaban J connectivity index is 1.29. The second-order valence-corrected chi connectivity index (χ2v) is 13.7. The molecule has 0 N–H and O–H groups in total. The van der Waals surface area contributed by atoms with Crippen molar-refractivity contribution in [2.24, 2.45) is 0 Å². The Morgan fingerprint density at radius 2 is 0.818 bits per heavy atom. The van der Waals surface area contributed by atoms with Crippen molar-refractivity contribution in [3.05, 3.63) is 182 Å². The summed E-state index contributed by atoms with van der Waals surface area (Å²) in [5, 5.41) is 4.63. The fourth-order valence-corrected chi connectivity index (χ4v) is 7.95. The third-order valence-electron chi connectivity index (χ3n) is 10.4. The minimum Gasteiger partial charge on any atom is -0.308 e. The number of hydrogen-bond donors (Lipinski definition) is 0. The van der Waals surface area contributed by atoms with Crippen molar-refractivity contribution < 1.29 is 0 Å². The standard InChI is InChI=1S/C49H30N6/c1-5-16-31(17-6-1)39-30-40(51-46(50-39)32-18-7-2-8-19-32)37-28-29-42-43(38-26-15-25-36-35-24-13-14-27-41(35)55(42)45(36)38)44(37)49-53-47(33-20-9-3-10-21-33)52-48(54-49)34-22-11-4-12-23-34/h1-30H. The quantitative estimate of drug-likeness (QED) is 0.172. The third-order valence-corrected chi connectivity index (χ3v) is 10.4. The van der Waals surface area contributed by atoms with Gasteiger partial charge in [-0.25, -0.2) is 24.9 Å². The number of aromatic nitrogens is 6. The summed E-state index contributed by atoms with van der Waals surface area (Å²) in [6.45, 7) is 0. The number of benzene rings is 7. The van der Waals surface area contributed by atoms with Gasteiger partial charge < -0.3 is 4.40 Å². The van der Waals surface area contributed by atoms with E-state index in [2.05, 4.69) is 89.3 Å². The molecule has 0 saturated carbocycles. The summed E-state index contributed by atoms with van der Waals surface area (Å²) < 4.78 is 2.39. The van der Waals surface area contributed by atoms with Gasteiger partial charge >= 0.3 is 0 Å². The second-order valence-electron chi connectivity index (χ2n) is 13.7. The Bertz CT molecular complexity index is 3060. The van der Waals surface area contributed by atoms with Gasteiger partial charge in [0, 0.05) is 54.9 Å². The van der Waals surface area contributed by atoms with Crippen LogP contribution >= 0.6 is 0 Å². The number of hydrogen-bond acceptors (Lipinski definition) is 5. The Hall–Kier alpha value is -7.57. The molecule has 6 nitrogen and oxygen atoms in total. The maximum atomic E-state index is 5.32. The molecule has 11 rings (SSSR count). The molecule has 0 amide bonds. The molecule has 0 unspecified atom stereocenters. The molecule has 4 aromatic heterocycles. The van der Waals surface area contributed by atoms with Crippen LogP contribution < -0.4 is 0 Å². The number of para-hydroxylation sites is 2. The van der Waals surface area contributed by atoms with Crippen molar-refractivity contribution in [2.75, 3.05) is 0 Å². The fourth-order valence-electron chi connectivity index (χ4n) is 7.95. The van der Waals surface area contributed by atoms with E-state index in [0.717, 1.165) is 66.6 Å². The van der Waals surface area contributed by atoms with E-state index >= 15 is 0 Å². The molecule has 0 aliphatic rings. The average molecular weight is 703 g/mol. The van der Waals surface area contributed by atoms with Crippen molar-refractivity contribution in [3.63, 3.8) is 0 Å². The van der Waals surface area contributed by atoms with Crippen LogP contribution in [0.25, 0.3) is 106 Å². The van der Waals surface area contributed by atoms with Crippen LogP contribution in [0, 0.1) is 0 Å². The molecule has 0 bridgehead atoms. The van der Waals surface area contributed by atoms with Crippen molar-refractivity contribution >= 4 is 38.1 Å². The predicted molar refractivity (Wildman–Crippen MR) is 223 cm³/mol. The minimum absolute atomic E-state index is 0.577. The first kappa shape index (κ1) is 31.0. The monoisotopic (exact) mass is 702 g/mol. The van der Waals surface area contributed by atoms with Crippen LogP contribution in [-0.2, 0) is 0 Å². The van der Waals surface area contributed by atoms with Gasteiger partial charge in [0.1, 0.15) is 0 Å². The summed E-state index contributed by atoms with van der Waals surface area (Å²) in [4.78, 5) is 26.1. The zero-order valence-corrected chi connectivity index (χ0v) is 29.5. The van der Waals surface area contributed by atoms with E-state index < -0.39 is 0 Å². The van der Waals surface area contributed by atoms with Gasteiger partial charge in [-0.3, -0.25) is 0 Å². The molecule has 7 aromatic carbocycles. The molecule has 55 heavy (non-hydrogen) atoms. The smallest absolute Gasteiger partial charge is 0.165 e. The lowest BCUT2D eigenvalue weighted by molar-refractivity contribution is 1.08. The Morgan fingerprint density at radius 3 is 1.45 bits per heavy atom. The van der Waals surface area contributed by atoms with Gasteiger partial charge in [0.05, 0.1) is 27.9 Å². The summed E-state index contributed by atoms with van der Waals surface area (Å²) >= 11 is 0. The zero-order valence-electron chi connectivity index (χ0n) is 29.5. The number of rotatable bonds is 6. The van der Waals surface area contributed by atoms with Gasteiger partial charge in [0.15, 0.2) is 23.3 Å². The maximum Gasteiger partial charge on any atom is 0.165 e. The predicted octanol–water partition coefficient (Wildman–Crippen LogP) is 11.8. The van der Waals surface area contributed by atoms with Crippen LogP contribution in [0.4, 0.5) is 0 Å². The van der Waals surface area contributed by atoms with Crippen LogP contribution in [-0.4, -0.2) is 29.3 Å². The van der Waals surface area contributed by atoms with E-state index in [1.54, 1.807) is 0 Å². The zero-order chi connectivity index (χ0) is 36.3. The molecule has 6 heteroatoms. The van der Waals surface area contributed by atoms with Gasteiger partial charge in [-0.2, -0.15) is 0 Å². The summed E-state index contributed by atoms with van der Waals surface area (Å²) in [5.74, 6) is 2.43. The molecule has 11 aromatic rings. The lowest BCUT2D eigenvalue weighted by atomic mass is 9.95. The normalized spacial score (nSPS) is 11.6. The Kier molecular flexibility index (Phi) is 7.07. The molecular weight excluding hydrogens is 673 g/mol. The molecule has 0 spiro atoms. The molecule has 0 saturated heterocycles. The highest BCUT2D eigenvalue weighted by Gasteiger charge is 2.26. The largest absolute Gasteiger partial charge is 0.308 e. The lowest BCUT2D eigenvalue weighted by Gasteiger charge is -2.15. The van der Waals surface area contributed by atoms with Crippen molar-refractivity contribution in [1.82, 2.24) is 29.3 Å². The molecule has 0 aliphatic carbocycles. The van der Waals surface area contributed by atoms with E-state index in [0.29, 0.717) is 23.3 Å². The first-order valence-electron chi connectivity index (χ1n) is 18.4. The highest BCUT2D eigenvalue weighted by atomic mass is 15.0. The second kappa shape index (κ2) is 12.5. The summed E-state index contributed by atoms with van der Waals surface area (Å²) in [6, 6.07) is 62.5. The molecule has 256 valence electrons. The minimum atomic E-state index is 0.577. The summed E-state index contributed by atoms with van der Waals surface area (Å²) in [5.41, 5.74) is 10.6. The van der Waals surface area contributed by atoms with Crippen molar-refractivity contribution in [3.8, 4) is 68.1 Å². The lowest BCUT2D eigenvalue weighted by Crippen LogP contribution is -2.03. The van der Waals surface area contributed by atoms with Crippen LogP contribution in [0.15, 0.2) is 182 Å². The van der Waals surface area contributed by atoms with Crippen molar-refractivity contribution in [1.29, 1.82) is 0 Å². The van der Waals surface area contributed by atoms with Gasteiger partial charge in [-0.15, -0.1) is 0 Å². The van der Waals surface area contributed by atoms with E-state index in [1.165, 1.54) is 16.3 Å². The van der Waals surface area contributed by atoms with Crippen LogP contribution in [0.1, 0.15) is 0 Å². The van der Waals surface area contributed by atoms with Gasteiger partial charge in [-0.05, 0) is 24.3 Å². The first-order valence-corrected chi connectivity index (χ1v) is 18.4. The Morgan fingerprint density at radius 1 is 0.327 bits per heavy atom. The molecule has 0 atom stereocenters. The highest BCUT2D eigenvalue weighted by molar-refractivity contribution is 6.26. The van der Waals surface area contributed by atoms with Crippen LogP contribution in [0.2, 0.25) is 0 Å². The van der Waals surface area contributed by atoms with Gasteiger partial charge in [0.25, 0.3) is 0 Å². The van der Waals surface area contributed by atoms with Crippen molar-refractivity contribution in [2.45, 2.75) is 0 Å². The summed E-state index contributed by atoms with van der Waals surface area (Å²) in [7, 11) is 0. The maximum absolute atomic E-state index is 5.32. The topological polar surface area (TPSA) is 68.9 Å². The summed E-state index contributed by atoms with van der Waals surface area (Å²) in [6.07, 6.45) is 0. The van der Waals surface area contributed by atoms with Crippen LogP contribution in [0.5, 0.6) is 0 Å². The fraction of sp³-hybridized carbons (Fsp3) is 0. The SMILES string of the molecule is c1ccc(-c2cc(-c3ccc4c(c3-c3nc(-c5ccccc5)nc(-c5ccccc5)n3)c3cccc5c6ccccc6n4c53)nc(-c3ccccc3)n2)cc1. The number of fused-ring (bicyclic) bond motifs is 6. The van der Waals surface area contributed by atoms with E-state index in [4.69, 9.17) is 24.9 Å². The Labute approximate surface area is 316 Å².